The van der Waals surface area contributed by atoms with Gasteiger partial charge in [0.1, 0.15) is 5.82 Å². The van der Waals surface area contributed by atoms with Crippen LogP contribution in [0.5, 0.6) is 0 Å². The lowest BCUT2D eigenvalue weighted by atomic mass is 10.0. The molecule has 0 saturated carbocycles. The Balaban J connectivity index is 1.92. The first-order valence-corrected chi connectivity index (χ1v) is 7.99. The molecular formula is C18H21ClN4. The Labute approximate surface area is 141 Å². The molecule has 0 spiro atoms. The summed E-state index contributed by atoms with van der Waals surface area (Å²) in [4.78, 5) is 0. The third-order valence-electron chi connectivity index (χ3n) is 4.39. The van der Waals surface area contributed by atoms with Crippen molar-refractivity contribution in [1.82, 2.24) is 14.3 Å². The number of hydrogen-bond acceptors (Lipinski definition) is 2. The predicted octanol–water partition coefficient (Wildman–Crippen LogP) is 3.71. The molecule has 3 aromatic rings. The molecule has 0 radical (unpaired) electrons. The van der Waals surface area contributed by atoms with Crippen molar-refractivity contribution in [1.29, 1.82) is 0 Å². The molecule has 0 amide bonds. The highest BCUT2D eigenvalue weighted by Gasteiger charge is 2.16. The average molecular weight is 329 g/mol. The van der Waals surface area contributed by atoms with Gasteiger partial charge >= 0.3 is 0 Å². The van der Waals surface area contributed by atoms with Gasteiger partial charge in [0.15, 0.2) is 0 Å². The standard InChI is InChI=1S/C18H21ClN4/c1-12-13(2)23(11-15-9-21-22(3)10-15)18(20)17(12)8-14-4-6-16(19)7-5-14/h4-7,9-10H,8,11,20H2,1-3H3. The Morgan fingerprint density at radius 1 is 1.13 bits per heavy atom. The highest BCUT2D eigenvalue weighted by atomic mass is 35.5. The van der Waals surface area contributed by atoms with Crippen LogP contribution in [0.2, 0.25) is 5.02 Å². The predicted molar refractivity (Wildman–Crippen MR) is 94.9 cm³/mol. The van der Waals surface area contributed by atoms with E-state index in [2.05, 4.69) is 35.6 Å². The number of aromatic nitrogens is 3. The SMILES string of the molecule is Cc1c(Cc2ccc(Cl)cc2)c(N)n(Cc2cnn(C)c2)c1C. The van der Waals surface area contributed by atoms with Crippen LogP contribution in [-0.4, -0.2) is 14.3 Å². The maximum atomic E-state index is 6.45. The lowest BCUT2D eigenvalue weighted by Crippen LogP contribution is -2.06. The molecule has 0 atom stereocenters. The molecule has 0 aliphatic rings. The smallest absolute Gasteiger partial charge is 0.107 e. The van der Waals surface area contributed by atoms with Gasteiger partial charge in [-0.2, -0.15) is 5.10 Å². The van der Waals surface area contributed by atoms with Crippen LogP contribution in [0.15, 0.2) is 36.7 Å². The number of hydrogen-bond donors (Lipinski definition) is 1. The highest BCUT2D eigenvalue weighted by Crippen LogP contribution is 2.28. The Kier molecular flexibility index (Phi) is 4.18. The zero-order valence-electron chi connectivity index (χ0n) is 13.7. The molecule has 0 unspecified atom stereocenters. The van der Waals surface area contributed by atoms with Gasteiger partial charge in [-0.1, -0.05) is 23.7 Å². The van der Waals surface area contributed by atoms with Gasteiger partial charge in [0, 0.05) is 41.5 Å². The number of nitrogen functional groups attached to an aromatic ring is 1. The van der Waals surface area contributed by atoms with Crippen molar-refractivity contribution in [3.05, 3.63) is 69.6 Å². The maximum Gasteiger partial charge on any atom is 0.107 e. The third kappa shape index (κ3) is 3.13. The monoisotopic (exact) mass is 328 g/mol. The first kappa shape index (κ1) is 15.7. The molecule has 120 valence electrons. The molecule has 5 heteroatoms. The summed E-state index contributed by atoms with van der Waals surface area (Å²) in [5.74, 6) is 0.832. The molecule has 2 aromatic heterocycles. The number of rotatable bonds is 4. The Morgan fingerprint density at radius 3 is 2.43 bits per heavy atom. The fourth-order valence-corrected chi connectivity index (χ4v) is 3.05. The second kappa shape index (κ2) is 6.13. The zero-order chi connectivity index (χ0) is 16.6. The van der Waals surface area contributed by atoms with E-state index in [0.717, 1.165) is 29.4 Å². The van der Waals surface area contributed by atoms with Crippen LogP contribution in [0.25, 0.3) is 0 Å². The van der Waals surface area contributed by atoms with E-state index in [-0.39, 0.29) is 0 Å². The molecule has 4 nitrogen and oxygen atoms in total. The normalized spacial score (nSPS) is 11.1. The van der Waals surface area contributed by atoms with E-state index in [4.69, 9.17) is 17.3 Å². The molecule has 0 fully saturated rings. The maximum absolute atomic E-state index is 6.45. The van der Waals surface area contributed by atoms with E-state index in [0.29, 0.717) is 0 Å². The summed E-state index contributed by atoms with van der Waals surface area (Å²) < 4.78 is 3.98. The van der Waals surface area contributed by atoms with E-state index < -0.39 is 0 Å². The van der Waals surface area contributed by atoms with Crippen molar-refractivity contribution in [2.75, 3.05) is 5.73 Å². The molecule has 1 aromatic carbocycles. The van der Waals surface area contributed by atoms with Gasteiger partial charge in [-0.3, -0.25) is 4.68 Å². The van der Waals surface area contributed by atoms with Crippen LogP contribution in [0.3, 0.4) is 0 Å². The molecule has 0 saturated heterocycles. The molecular weight excluding hydrogens is 308 g/mol. The van der Waals surface area contributed by atoms with Crippen molar-refractivity contribution >= 4 is 17.4 Å². The lowest BCUT2D eigenvalue weighted by molar-refractivity contribution is 0.759. The minimum Gasteiger partial charge on any atom is -0.385 e. The lowest BCUT2D eigenvalue weighted by Gasteiger charge is -2.08. The topological polar surface area (TPSA) is 48.8 Å². The highest BCUT2D eigenvalue weighted by molar-refractivity contribution is 6.30. The van der Waals surface area contributed by atoms with Gasteiger partial charge in [0.2, 0.25) is 0 Å². The van der Waals surface area contributed by atoms with Crippen LogP contribution in [0, 0.1) is 13.8 Å². The quantitative estimate of drug-likeness (QED) is 0.793. The zero-order valence-corrected chi connectivity index (χ0v) is 14.4. The summed E-state index contributed by atoms with van der Waals surface area (Å²) in [6.45, 7) is 5.00. The van der Waals surface area contributed by atoms with Crippen molar-refractivity contribution in [2.24, 2.45) is 7.05 Å². The Hall–Kier alpha value is -2.20. The molecule has 2 heterocycles. The third-order valence-corrected chi connectivity index (χ3v) is 4.65. The van der Waals surface area contributed by atoms with Crippen LogP contribution in [0.1, 0.15) is 27.9 Å². The van der Waals surface area contributed by atoms with Crippen LogP contribution in [-0.2, 0) is 20.0 Å². The number of nitrogens with two attached hydrogens (primary N) is 1. The summed E-state index contributed by atoms with van der Waals surface area (Å²) >= 11 is 5.96. The van der Waals surface area contributed by atoms with E-state index in [1.54, 1.807) is 0 Å². The molecule has 23 heavy (non-hydrogen) atoms. The molecule has 0 bridgehead atoms. The van der Waals surface area contributed by atoms with Crippen LogP contribution in [0.4, 0.5) is 5.82 Å². The van der Waals surface area contributed by atoms with Crippen molar-refractivity contribution in [3.63, 3.8) is 0 Å². The minimum atomic E-state index is 0.743. The van der Waals surface area contributed by atoms with Gasteiger partial charge in [-0.15, -0.1) is 0 Å². The second-order valence-corrected chi connectivity index (χ2v) is 6.42. The van der Waals surface area contributed by atoms with Gasteiger partial charge < -0.3 is 10.3 Å². The summed E-state index contributed by atoms with van der Waals surface area (Å²) in [6.07, 6.45) is 4.72. The van der Waals surface area contributed by atoms with Crippen molar-refractivity contribution < 1.29 is 0 Å². The molecule has 2 N–H and O–H groups in total. The van der Waals surface area contributed by atoms with Crippen molar-refractivity contribution in [3.8, 4) is 0 Å². The van der Waals surface area contributed by atoms with Gasteiger partial charge in [-0.25, -0.2) is 0 Å². The van der Waals surface area contributed by atoms with Gasteiger partial charge in [-0.05, 0) is 37.1 Å². The number of benzene rings is 1. The van der Waals surface area contributed by atoms with Gasteiger partial charge in [0.25, 0.3) is 0 Å². The first-order chi connectivity index (χ1) is 11.0. The largest absolute Gasteiger partial charge is 0.385 e. The minimum absolute atomic E-state index is 0.743. The summed E-state index contributed by atoms with van der Waals surface area (Å²) in [6, 6.07) is 7.94. The first-order valence-electron chi connectivity index (χ1n) is 7.61. The van der Waals surface area contributed by atoms with Crippen LogP contribution < -0.4 is 5.73 Å². The van der Waals surface area contributed by atoms with E-state index in [1.807, 2.05) is 36.3 Å². The number of nitrogens with zero attached hydrogens (tertiary/aromatic N) is 3. The molecule has 0 aliphatic heterocycles. The van der Waals surface area contributed by atoms with Gasteiger partial charge in [0.05, 0.1) is 12.7 Å². The molecule has 0 aliphatic carbocycles. The number of halogens is 1. The average Bonchev–Trinajstić information content (AvgIpc) is 3.02. The van der Waals surface area contributed by atoms with Crippen LogP contribution >= 0.6 is 11.6 Å². The number of aryl methyl sites for hydroxylation is 1. The van der Waals surface area contributed by atoms with Crippen molar-refractivity contribution in [2.45, 2.75) is 26.8 Å². The summed E-state index contributed by atoms with van der Waals surface area (Å²) in [5, 5.41) is 4.98. The summed E-state index contributed by atoms with van der Waals surface area (Å²) in [5.41, 5.74) is 12.5. The fraction of sp³-hybridized carbons (Fsp3) is 0.278. The van der Waals surface area contributed by atoms with E-state index in [1.165, 1.54) is 22.4 Å². The summed E-state index contributed by atoms with van der Waals surface area (Å²) in [7, 11) is 1.92. The number of anilines is 1. The Bertz CT molecular complexity index is 828. The second-order valence-electron chi connectivity index (χ2n) is 5.99. The van der Waals surface area contributed by atoms with E-state index >= 15 is 0 Å². The fourth-order valence-electron chi connectivity index (χ4n) is 2.93. The molecule has 3 rings (SSSR count). The Morgan fingerprint density at radius 2 is 1.83 bits per heavy atom. The van der Waals surface area contributed by atoms with E-state index in [9.17, 15) is 0 Å².